The molecule has 12 heteroatoms. The maximum absolute atomic E-state index is 12.7. The average molecular weight is 549 g/mol. The molecular formula is C12H15Br2Cl3N2O4S. The third kappa shape index (κ3) is 4.85. The molecule has 24 heavy (non-hydrogen) atoms. The Morgan fingerprint density at radius 2 is 1.96 bits per heavy atom. The van der Waals surface area contributed by atoms with Crippen LogP contribution in [0.2, 0.25) is 0 Å². The van der Waals surface area contributed by atoms with Gasteiger partial charge in [0.05, 0.1) is 11.3 Å². The van der Waals surface area contributed by atoms with Crippen molar-refractivity contribution in [3.8, 4) is 0 Å². The molecule has 2 amide bonds. The zero-order valence-electron chi connectivity index (χ0n) is 12.9. The van der Waals surface area contributed by atoms with Gasteiger partial charge >= 0.3 is 5.97 Å². The van der Waals surface area contributed by atoms with Gasteiger partial charge in [0.25, 0.3) is 0 Å². The third-order valence-electron chi connectivity index (χ3n) is 3.31. The van der Waals surface area contributed by atoms with Crippen LogP contribution in [-0.4, -0.2) is 54.9 Å². The monoisotopic (exact) mass is 546 g/mol. The van der Waals surface area contributed by atoms with Crippen LogP contribution in [0.3, 0.4) is 0 Å². The zero-order valence-corrected chi connectivity index (χ0v) is 19.1. The summed E-state index contributed by atoms with van der Waals surface area (Å²) < 4.78 is 0.957. The van der Waals surface area contributed by atoms with Crippen LogP contribution < -0.4 is 5.32 Å². The normalized spacial score (nSPS) is 20.9. The summed E-state index contributed by atoms with van der Waals surface area (Å²) in [6.07, 6.45) is 0. The number of esters is 1. The summed E-state index contributed by atoms with van der Waals surface area (Å²) in [5, 5.41) is 2.51. The lowest BCUT2D eigenvalue weighted by atomic mass is 9.95. The molecule has 1 aliphatic rings. The highest BCUT2D eigenvalue weighted by molar-refractivity contribution is 9.50. The highest BCUT2D eigenvalue weighted by Gasteiger charge is 2.62. The van der Waals surface area contributed by atoms with Crippen molar-refractivity contribution in [2.75, 3.05) is 13.2 Å². The molecule has 1 fully saturated rings. The number of halogens is 5. The van der Waals surface area contributed by atoms with Crippen molar-refractivity contribution < 1.29 is 19.1 Å². The molecule has 0 aromatic rings. The lowest BCUT2D eigenvalue weighted by Gasteiger charge is -2.52. The van der Waals surface area contributed by atoms with Gasteiger partial charge in [0, 0.05) is 6.92 Å². The second-order valence-corrected chi connectivity index (χ2v) is 11.4. The largest absolute Gasteiger partial charge is 0.459 e. The van der Waals surface area contributed by atoms with Gasteiger partial charge in [-0.25, -0.2) is 4.79 Å². The number of nitrogens with one attached hydrogen (secondary N) is 1. The van der Waals surface area contributed by atoms with Crippen LogP contribution in [0.25, 0.3) is 0 Å². The number of rotatable bonds is 6. The van der Waals surface area contributed by atoms with Gasteiger partial charge in [-0.3, -0.25) is 9.59 Å². The number of hydrogen-bond acceptors (Lipinski definition) is 5. The van der Waals surface area contributed by atoms with Crippen molar-refractivity contribution in [1.82, 2.24) is 10.2 Å². The van der Waals surface area contributed by atoms with Crippen LogP contribution in [0.15, 0.2) is 0 Å². The van der Waals surface area contributed by atoms with Gasteiger partial charge in [-0.15, -0.1) is 0 Å². The summed E-state index contributed by atoms with van der Waals surface area (Å²) in [7, 11) is 1.18. The van der Waals surface area contributed by atoms with E-state index in [1.54, 1.807) is 13.8 Å². The molecule has 1 rings (SSSR count). The Morgan fingerprint density at radius 3 is 2.33 bits per heavy atom. The minimum Gasteiger partial charge on any atom is -0.459 e. The predicted molar refractivity (Wildman–Crippen MR) is 103 cm³/mol. The summed E-state index contributed by atoms with van der Waals surface area (Å²) >= 11 is 23.4. The molecule has 1 aliphatic heterocycles. The SMILES string of the molecule is CC(=O)NC1CN(C(Br)(C(=O)OCC(Cl)(Cl)Cl)C(C)(C)SBr)C1=O. The summed E-state index contributed by atoms with van der Waals surface area (Å²) in [4.78, 5) is 37.4. The second-order valence-electron chi connectivity index (χ2n) is 5.60. The van der Waals surface area contributed by atoms with E-state index in [4.69, 9.17) is 39.5 Å². The summed E-state index contributed by atoms with van der Waals surface area (Å²) in [6, 6.07) is -0.684. The standard InChI is InChI=1S/C12H15Br2Cl3N2O4S/c1-6(20)18-7-4-19(8(7)21)12(13,10(2,3)24-14)9(22)23-5-11(15,16)17/h7H,4-5H2,1-3H3,(H,18,20). The summed E-state index contributed by atoms with van der Waals surface area (Å²) in [5.41, 5.74) is 0. The molecule has 6 nitrogen and oxygen atoms in total. The van der Waals surface area contributed by atoms with E-state index in [1.807, 2.05) is 0 Å². The second kappa shape index (κ2) is 8.08. The van der Waals surface area contributed by atoms with Crippen molar-refractivity contribution in [3.63, 3.8) is 0 Å². The van der Waals surface area contributed by atoms with Crippen molar-refractivity contribution in [2.45, 2.75) is 39.8 Å². The number of β-lactam (4-membered cyclic amide) rings is 1. The van der Waals surface area contributed by atoms with Crippen LogP contribution in [0.4, 0.5) is 0 Å². The van der Waals surface area contributed by atoms with E-state index in [1.165, 1.54) is 22.0 Å². The van der Waals surface area contributed by atoms with E-state index >= 15 is 0 Å². The number of alkyl halides is 4. The fourth-order valence-electron chi connectivity index (χ4n) is 2.03. The molecule has 0 aromatic carbocycles. The Labute approximate surface area is 174 Å². The number of carbonyl (C=O) groups excluding carboxylic acids is 3. The molecule has 138 valence electrons. The molecular weight excluding hydrogens is 534 g/mol. The van der Waals surface area contributed by atoms with E-state index in [2.05, 4.69) is 36.1 Å². The van der Waals surface area contributed by atoms with E-state index in [9.17, 15) is 14.4 Å². The number of nitrogens with zero attached hydrogens (tertiary/aromatic N) is 1. The maximum atomic E-state index is 12.7. The van der Waals surface area contributed by atoms with Crippen molar-refractivity contribution in [1.29, 1.82) is 0 Å². The Bertz CT molecular complexity index is 547. The predicted octanol–water partition coefficient (Wildman–Crippen LogP) is 3.16. The quantitative estimate of drug-likeness (QED) is 0.239. The van der Waals surface area contributed by atoms with Gasteiger partial charge in [-0.05, 0) is 44.6 Å². The molecule has 1 saturated heterocycles. The number of hydrogen-bond donors (Lipinski definition) is 1. The first-order valence-corrected chi connectivity index (χ1v) is 11.2. The van der Waals surface area contributed by atoms with Crippen LogP contribution in [0.5, 0.6) is 0 Å². The first-order valence-electron chi connectivity index (χ1n) is 6.57. The number of carbonyl (C=O) groups is 3. The smallest absolute Gasteiger partial charge is 0.345 e. The molecule has 0 spiro atoms. The summed E-state index contributed by atoms with van der Waals surface area (Å²) in [6.45, 7) is 4.45. The molecule has 2 unspecified atom stereocenters. The zero-order chi connectivity index (χ0) is 18.9. The Hall–Kier alpha value is 0.590. The summed E-state index contributed by atoms with van der Waals surface area (Å²) in [5.74, 6) is -1.52. The average Bonchev–Trinajstić information content (AvgIpc) is 2.46. The minimum absolute atomic E-state index is 0.142. The molecule has 1 N–H and O–H groups in total. The third-order valence-corrected chi connectivity index (χ3v) is 8.75. The number of likely N-dealkylation sites (tertiary alicyclic amines) is 1. The highest BCUT2D eigenvalue weighted by Crippen LogP contribution is 2.49. The van der Waals surface area contributed by atoms with Crippen molar-refractivity contribution in [3.05, 3.63) is 0 Å². The fraction of sp³-hybridized carbons (Fsp3) is 0.750. The van der Waals surface area contributed by atoms with Gasteiger partial charge in [0.1, 0.15) is 12.6 Å². The molecule has 0 saturated carbocycles. The molecule has 0 bridgehead atoms. The van der Waals surface area contributed by atoms with E-state index in [-0.39, 0.29) is 12.5 Å². The van der Waals surface area contributed by atoms with Crippen LogP contribution in [-0.2, 0) is 19.1 Å². The van der Waals surface area contributed by atoms with Gasteiger partial charge in [0.15, 0.2) is 0 Å². The fourth-order valence-corrected chi connectivity index (χ4v) is 4.52. The lowest BCUT2D eigenvalue weighted by Crippen LogP contribution is -2.75. The Kier molecular flexibility index (Phi) is 7.62. The first-order chi connectivity index (χ1) is 10.8. The number of ether oxygens (including phenoxy) is 1. The Morgan fingerprint density at radius 1 is 1.42 bits per heavy atom. The topological polar surface area (TPSA) is 75.7 Å². The molecule has 0 aromatic heterocycles. The van der Waals surface area contributed by atoms with Gasteiger partial charge in [-0.2, -0.15) is 0 Å². The van der Waals surface area contributed by atoms with Crippen LogP contribution in [0.1, 0.15) is 20.8 Å². The lowest BCUT2D eigenvalue weighted by molar-refractivity contribution is -0.166. The maximum Gasteiger partial charge on any atom is 0.345 e. The molecule has 1 heterocycles. The van der Waals surface area contributed by atoms with E-state index in [0.29, 0.717) is 0 Å². The van der Waals surface area contributed by atoms with E-state index in [0.717, 1.165) is 0 Å². The van der Waals surface area contributed by atoms with Crippen LogP contribution in [0, 0.1) is 0 Å². The van der Waals surface area contributed by atoms with Crippen molar-refractivity contribution in [2.24, 2.45) is 0 Å². The first kappa shape index (κ1) is 22.6. The molecule has 0 radical (unpaired) electrons. The Balaban J connectivity index is 3.03. The van der Waals surface area contributed by atoms with Gasteiger partial charge in [0.2, 0.25) is 20.1 Å². The van der Waals surface area contributed by atoms with E-state index < -0.39 is 37.5 Å². The number of amides is 2. The van der Waals surface area contributed by atoms with Crippen molar-refractivity contribution >= 4 is 93.5 Å². The van der Waals surface area contributed by atoms with Gasteiger partial charge < -0.3 is 15.0 Å². The van der Waals surface area contributed by atoms with Gasteiger partial charge in [-0.1, -0.05) is 45.0 Å². The molecule has 0 aliphatic carbocycles. The highest BCUT2D eigenvalue weighted by atomic mass is 79.9. The minimum atomic E-state index is -1.77. The molecule has 2 atom stereocenters. The van der Waals surface area contributed by atoms with Crippen LogP contribution >= 0.6 is 75.7 Å².